The fourth-order valence-electron chi connectivity index (χ4n) is 1.29. The molecule has 0 bridgehead atoms. The number of nitrogens with zero attached hydrogens (tertiary/aromatic N) is 1. The summed E-state index contributed by atoms with van der Waals surface area (Å²) in [6.45, 7) is 1.62. The number of aliphatic hydroxyl groups is 1. The molecule has 0 aliphatic heterocycles. The number of carbonyl (C=O) groups is 1. The highest BCUT2D eigenvalue weighted by atomic mass is 32.1. The van der Waals surface area contributed by atoms with Crippen molar-refractivity contribution in [2.75, 3.05) is 6.61 Å². The number of aliphatic hydroxyl groups excluding tert-OH is 1. The minimum Gasteiger partial charge on any atom is -0.462 e. The van der Waals surface area contributed by atoms with Gasteiger partial charge < -0.3 is 9.84 Å². The highest BCUT2D eigenvalue weighted by Crippen LogP contribution is 2.23. The second-order valence-corrected chi connectivity index (χ2v) is 3.43. The van der Waals surface area contributed by atoms with Crippen molar-refractivity contribution in [3.63, 3.8) is 0 Å². The summed E-state index contributed by atoms with van der Waals surface area (Å²) >= 11 is 4.11. The number of ether oxygens (including phenoxy) is 1. The number of carbonyl (C=O) groups excluding carboxylic acids is 1. The van der Waals surface area contributed by atoms with Gasteiger partial charge in [-0.1, -0.05) is 6.07 Å². The molecule has 1 rings (SSSR count). The normalized spacial score (nSPS) is 9.62. The van der Waals surface area contributed by atoms with Gasteiger partial charge in [-0.15, -0.1) is 12.6 Å². The van der Waals surface area contributed by atoms with E-state index in [1.54, 1.807) is 6.92 Å². The van der Waals surface area contributed by atoms with E-state index in [9.17, 15) is 4.79 Å². The molecule has 1 aromatic rings. The van der Waals surface area contributed by atoms with Crippen molar-refractivity contribution in [2.24, 2.45) is 0 Å². The average molecular weight is 237 g/mol. The highest BCUT2D eigenvalue weighted by molar-refractivity contribution is 7.80. The maximum atomic E-state index is 11.6. The third-order valence-electron chi connectivity index (χ3n) is 2.03. The minimum atomic E-state index is -0.575. The molecule has 0 radical (unpaired) electrons. The molecule has 5 heteroatoms. The Morgan fingerprint density at radius 2 is 2.31 bits per heavy atom. The third-order valence-corrected chi connectivity index (χ3v) is 2.50. The lowest BCUT2D eigenvalue weighted by molar-refractivity contribution is 0.0518. The van der Waals surface area contributed by atoms with E-state index in [-0.39, 0.29) is 29.2 Å². The summed E-state index contributed by atoms with van der Waals surface area (Å²) in [5.41, 5.74) is 0.845. The van der Waals surface area contributed by atoms with Gasteiger partial charge in [0.15, 0.2) is 0 Å². The molecular weight excluding hydrogens is 226 g/mol. The van der Waals surface area contributed by atoms with Crippen molar-refractivity contribution >= 4 is 18.6 Å². The molecule has 0 aromatic heterocycles. The van der Waals surface area contributed by atoms with Gasteiger partial charge in [-0.05, 0) is 18.6 Å². The predicted octanol–water partition coefficient (Wildman–Crippen LogP) is 1.52. The van der Waals surface area contributed by atoms with Crippen LogP contribution in [0.3, 0.4) is 0 Å². The van der Waals surface area contributed by atoms with E-state index < -0.39 is 5.97 Å². The van der Waals surface area contributed by atoms with E-state index in [4.69, 9.17) is 15.1 Å². The zero-order valence-electron chi connectivity index (χ0n) is 8.73. The number of benzene rings is 1. The van der Waals surface area contributed by atoms with E-state index in [0.717, 1.165) is 0 Å². The predicted molar refractivity (Wildman–Crippen MR) is 60.3 cm³/mol. The number of hydrogen-bond donors (Lipinski definition) is 2. The van der Waals surface area contributed by atoms with Crippen molar-refractivity contribution < 1.29 is 14.6 Å². The number of esters is 1. The summed E-state index contributed by atoms with van der Waals surface area (Å²) in [7, 11) is 0. The van der Waals surface area contributed by atoms with E-state index in [1.165, 1.54) is 12.1 Å². The van der Waals surface area contributed by atoms with Crippen LogP contribution in [0.15, 0.2) is 17.0 Å². The fraction of sp³-hybridized carbons (Fsp3) is 0.273. The Kier molecular flexibility index (Phi) is 4.35. The van der Waals surface area contributed by atoms with E-state index in [0.29, 0.717) is 5.56 Å². The van der Waals surface area contributed by atoms with Crippen molar-refractivity contribution in [1.29, 1.82) is 5.26 Å². The van der Waals surface area contributed by atoms with Crippen LogP contribution in [0.4, 0.5) is 0 Å². The Labute approximate surface area is 98.9 Å². The second kappa shape index (κ2) is 5.54. The highest BCUT2D eigenvalue weighted by Gasteiger charge is 2.18. The van der Waals surface area contributed by atoms with Crippen molar-refractivity contribution in [1.82, 2.24) is 0 Å². The number of nitriles is 1. The topological polar surface area (TPSA) is 70.3 Å². The summed E-state index contributed by atoms with van der Waals surface area (Å²) in [4.78, 5) is 11.9. The first-order chi connectivity index (χ1) is 7.65. The molecular formula is C11H11NO3S. The molecule has 0 spiro atoms. The van der Waals surface area contributed by atoms with Gasteiger partial charge in [0.2, 0.25) is 0 Å². The van der Waals surface area contributed by atoms with Gasteiger partial charge in [-0.2, -0.15) is 5.26 Å². The molecule has 84 valence electrons. The molecule has 0 unspecified atom stereocenters. The van der Waals surface area contributed by atoms with Crippen molar-refractivity contribution in [2.45, 2.75) is 18.4 Å². The van der Waals surface area contributed by atoms with E-state index in [1.807, 2.05) is 6.07 Å². The molecule has 16 heavy (non-hydrogen) atoms. The first-order valence-corrected chi connectivity index (χ1v) is 5.13. The Bertz CT molecular complexity index is 451. The fourth-order valence-corrected chi connectivity index (χ4v) is 1.65. The van der Waals surface area contributed by atoms with Crippen LogP contribution in [0.2, 0.25) is 0 Å². The maximum absolute atomic E-state index is 11.6. The number of hydrogen-bond acceptors (Lipinski definition) is 5. The Hall–Kier alpha value is -1.51. The summed E-state index contributed by atoms with van der Waals surface area (Å²) < 4.78 is 4.84. The van der Waals surface area contributed by atoms with Crippen LogP contribution in [0, 0.1) is 11.3 Å². The summed E-state index contributed by atoms with van der Waals surface area (Å²) in [6, 6.07) is 4.95. The van der Waals surface area contributed by atoms with Gasteiger partial charge in [0.1, 0.15) is 6.07 Å². The van der Waals surface area contributed by atoms with Gasteiger partial charge in [0.25, 0.3) is 0 Å². The van der Waals surface area contributed by atoms with Crippen LogP contribution in [0.25, 0.3) is 0 Å². The average Bonchev–Trinajstić information content (AvgIpc) is 2.28. The van der Waals surface area contributed by atoms with E-state index in [2.05, 4.69) is 12.6 Å². The Morgan fingerprint density at radius 3 is 2.81 bits per heavy atom. The molecule has 4 nitrogen and oxygen atoms in total. The molecule has 0 saturated carbocycles. The van der Waals surface area contributed by atoms with Crippen LogP contribution in [-0.2, 0) is 11.3 Å². The summed E-state index contributed by atoms with van der Waals surface area (Å²) in [5.74, 6) is -0.575. The lowest BCUT2D eigenvalue weighted by Gasteiger charge is -2.10. The third kappa shape index (κ3) is 2.35. The first-order valence-electron chi connectivity index (χ1n) is 4.68. The molecule has 0 atom stereocenters. The summed E-state index contributed by atoms with van der Waals surface area (Å²) in [5, 5.41) is 17.9. The molecule has 0 saturated heterocycles. The largest absolute Gasteiger partial charge is 0.462 e. The molecule has 0 fully saturated rings. The van der Waals surface area contributed by atoms with Crippen molar-refractivity contribution in [3.05, 3.63) is 28.8 Å². The lowest BCUT2D eigenvalue weighted by Crippen LogP contribution is -2.10. The molecule has 0 aliphatic carbocycles. The smallest absolute Gasteiger partial charge is 0.339 e. The quantitative estimate of drug-likeness (QED) is 0.617. The number of thiol groups is 1. The molecule has 1 N–H and O–H groups in total. The SMILES string of the molecule is CCOC(=O)c1c(CO)ccc(C#N)c1S. The lowest BCUT2D eigenvalue weighted by atomic mass is 10.0. The van der Waals surface area contributed by atoms with Gasteiger partial charge in [0, 0.05) is 4.90 Å². The number of rotatable bonds is 3. The first kappa shape index (κ1) is 12.6. The van der Waals surface area contributed by atoms with Crippen molar-refractivity contribution in [3.8, 4) is 6.07 Å². The molecule has 0 amide bonds. The van der Waals surface area contributed by atoms with Gasteiger partial charge in [-0.25, -0.2) is 4.79 Å². The molecule has 1 aromatic carbocycles. The Balaban J connectivity index is 3.33. The monoisotopic (exact) mass is 237 g/mol. The van der Waals surface area contributed by atoms with Crippen LogP contribution in [0.5, 0.6) is 0 Å². The van der Waals surface area contributed by atoms with Crippen LogP contribution in [0.1, 0.15) is 28.4 Å². The van der Waals surface area contributed by atoms with Gasteiger partial charge in [0.05, 0.1) is 24.3 Å². The molecule has 0 aliphatic rings. The van der Waals surface area contributed by atoms with Gasteiger partial charge >= 0.3 is 5.97 Å². The maximum Gasteiger partial charge on any atom is 0.339 e. The zero-order chi connectivity index (χ0) is 12.1. The summed E-state index contributed by atoms with van der Waals surface area (Å²) in [6.07, 6.45) is 0. The minimum absolute atomic E-state index is 0.159. The zero-order valence-corrected chi connectivity index (χ0v) is 9.62. The van der Waals surface area contributed by atoms with Crippen LogP contribution >= 0.6 is 12.6 Å². The second-order valence-electron chi connectivity index (χ2n) is 2.99. The van der Waals surface area contributed by atoms with Crippen LogP contribution in [-0.4, -0.2) is 17.7 Å². The standard InChI is InChI=1S/C11H11NO3S/c1-2-15-11(14)9-8(6-13)4-3-7(5-12)10(9)16/h3-4,13,16H,2,6H2,1H3. The molecule has 0 heterocycles. The Morgan fingerprint density at radius 1 is 1.62 bits per heavy atom. The van der Waals surface area contributed by atoms with E-state index >= 15 is 0 Å². The van der Waals surface area contributed by atoms with Gasteiger partial charge in [-0.3, -0.25) is 0 Å². The van der Waals surface area contributed by atoms with Crippen LogP contribution < -0.4 is 0 Å².